The van der Waals surface area contributed by atoms with Crippen LogP contribution in [0.25, 0.3) is 0 Å². The Morgan fingerprint density at radius 1 is 1.23 bits per heavy atom. The van der Waals surface area contributed by atoms with Gasteiger partial charge in [0.2, 0.25) is 5.91 Å². The first kappa shape index (κ1) is 17.4. The highest BCUT2D eigenvalue weighted by Crippen LogP contribution is 2.41. The fraction of sp³-hybridized carbons (Fsp3) is 0.619. The third kappa shape index (κ3) is 3.44. The Kier molecular flexibility index (Phi) is 4.63. The van der Waals surface area contributed by atoms with Gasteiger partial charge >= 0.3 is 0 Å². The van der Waals surface area contributed by atoms with Crippen molar-refractivity contribution in [1.29, 1.82) is 0 Å². The molecule has 0 bridgehead atoms. The summed E-state index contributed by atoms with van der Waals surface area (Å²) in [5.74, 6) is 1.73. The van der Waals surface area contributed by atoms with Crippen LogP contribution in [-0.2, 0) is 9.59 Å². The smallest absolute Gasteiger partial charge is 0.260 e. The van der Waals surface area contributed by atoms with Gasteiger partial charge in [-0.2, -0.15) is 0 Å². The molecule has 2 saturated heterocycles. The maximum absolute atomic E-state index is 13.1. The summed E-state index contributed by atoms with van der Waals surface area (Å²) in [4.78, 5) is 29.6. The summed E-state index contributed by atoms with van der Waals surface area (Å²) in [7, 11) is 0. The SMILES string of the molecule is Cc1ccccc1OCC(=O)N1CC[C@]2(CCCN(CC3CC3)C2=O)C1. The van der Waals surface area contributed by atoms with Crippen molar-refractivity contribution in [3.63, 3.8) is 0 Å². The van der Waals surface area contributed by atoms with Crippen LogP contribution in [-0.4, -0.2) is 54.4 Å². The Bertz CT molecular complexity index is 700. The molecule has 1 saturated carbocycles. The lowest BCUT2D eigenvalue weighted by Gasteiger charge is -2.39. The van der Waals surface area contributed by atoms with Crippen molar-refractivity contribution in [3.05, 3.63) is 29.8 Å². The number of nitrogens with zero attached hydrogens (tertiary/aromatic N) is 2. The summed E-state index contributed by atoms with van der Waals surface area (Å²) in [6, 6.07) is 7.72. The van der Waals surface area contributed by atoms with Crippen molar-refractivity contribution in [1.82, 2.24) is 9.80 Å². The summed E-state index contributed by atoms with van der Waals surface area (Å²) in [6.45, 7) is 5.05. The highest BCUT2D eigenvalue weighted by Gasteiger charge is 2.49. The third-order valence-corrected chi connectivity index (χ3v) is 6.15. The van der Waals surface area contributed by atoms with Crippen molar-refractivity contribution in [3.8, 4) is 5.75 Å². The number of para-hydroxylation sites is 1. The van der Waals surface area contributed by atoms with E-state index < -0.39 is 0 Å². The molecule has 26 heavy (non-hydrogen) atoms. The number of amides is 2. The molecule has 1 aromatic carbocycles. The van der Waals surface area contributed by atoms with E-state index in [1.165, 1.54) is 12.8 Å². The molecule has 1 spiro atoms. The fourth-order valence-corrected chi connectivity index (χ4v) is 4.35. The van der Waals surface area contributed by atoms with Gasteiger partial charge in [-0.3, -0.25) is 9.59 Å². The van der Waals surface area contributed by atoms with E-state index in [1.807, 2.05) is 36.1 Å². The van der Waals surface area contributed by atoms with Gasteiger partial charge in [0.25, 0.3) is 5.91 Å². The second-order valence-corrected chi connectivity index (χ2v) is 8.20. The molecule has 0 aromatic heterocycles. The first-order valence-corrected chi connectivity index (χ1v) is 9.83. The molecule has 3 fully saturated rings. The summed E-state index contributed by atoms with van der Waals surface area (Å²) in [5, 5.41) is 0. The van der Waals surface area contributed by atoms with Gasteiger partial charge in [-0.05, 0) is 56.6 Å². The van der Waals surface area contributed by atoms with E-state index in [4.69, 9.17) is 4.74 Å². The molecule has 2 heterocycles. The fourth-order valence-electron chi connectivity index (χ4n) is 4.35. The van der Waals surface area contributed by atoms with E-state index >= 15 is 0 Å². The van der Waals surface area contributed by atoms with E-state index in [1.54, 1.807) is 0 Å². The molecule has 0 unspecified atom stereocenters. The number of piperidine rings is 1. The van der Waals surface area contributed by atoms with Crippen molar-refractivity contribution >= 4 is 11.8 Å². The van der Waals surface area contributed by atoms with Crippen LogP contribution in [0.5, 0.6) is 5.75 Å². The van der Waals surface area contributed by atoms with Crippen molar-refractivity contribution in [2.45, 2.75) is 39.0 Å². The van der Waals surface area contributed by atoms with Gasteiger partial charge in [-0.1, -0.05) is 18.2 Å². The number of carbonyl (C=O) groups is 2. The van der Waals surface area contributed by atoms with Crippen molar-refractivity contribution in [2.24, 2.45) is 11.3 Å². The molecular weight excluding hydrogens is 328 g/mol. The highest BCUT2D eigenvalue weighted by molar-refractivity contribution is 5.86. The number of hydrogen-bond acceptors (Lipinski definition) is 3. The van der Waals surface area contributed by atoms with E-state index in [9.17, 15) is 9.59 Å². The van der Waals surface area contributed by atoms with Crippen LogP contribution >= 0.6 is 0 Å². The maximum Gasteiger partial charge on any atom is 0.260 e. The normalized spacial score (nSPS) is 25.8. The largest absolute Gasteiger partial charge is 0.484 e. The van der Waals surface area contributed by atoms with Crippen molar-refractivity contribution in [2.75, 3.05) is 32.8 Å². The minimum atomic E-state index is -0.342. The number of carbonyl (C=O) groups excluding carboxylic acids is 2. The van der Waals surface area contributed by atoms with Crippen LogP contribution in [0.15, 0.2) is 24.3 Å². The molecule has 0 N–H and O–H groups in total. The van der Waals surface area contributed by atoms with Crippen LogP contribution in [0.1, 0.15) is 37.7 Å². The van der Waals surface area contributed by atoms with Crippen LogP contribution in [0.3, 0.4) is 0 Å². The Morgan fingerprint density at radius 3 is 2.81 bits per heavy atom. The van der Waals surface area contributed by atoms with Crippen LogP contribution in [0, 0.1) is 18.3 Å². The molecule has 1 aromatic rings. The molecule has 140 valence electrons. The number of hydrogen-bond donors (Lipinski definition) is 0. The van der Waals surface area contributed by atoms with Gasteiger partial charge in [0.05, 0.1) is 5.41 Å². The Morgan fingerprint density at radius 2 is 2.04 bits per heavy atom. The lowest BCUT2D eigenvalue weighted by molar-refractivity contribution is -0.146. The summed E-state index contributed by atoms with van der Waals surface area (Å²) < 4.78 is 5.71. The van der Waals surface area contributed by atoms with E-state index in [-0.39, 0.29) is 23.8 Å². The molecule has 2 aliphatic heterocycles. The van der Waals surface area contributed by atoms with Crippen LogP contribution < -0.4 is 4.74 Å². The lowest BCUT2D eigenvalue weighted by Crippen LogP contribution is -2.51. The average molecular weight is 356 g/mol. The van der Waals surface area contributed by atoms with E-state index in [2.05, 4.69) is 4.90 Å². The van der Waals surface area contributed by atoms with Gasteiger partial charge < -0.3 is 14.5 Å². The number of likely N-dealkylation sites (tertiary alicyclic amines) is 2. The summed E-state index contributed by atoms with van der Waals surface area (Å²) in [5.41, 5.74) is 0.683. The number of aryl methyl sites for hydroxylation is 1. The molecule has 4 rings (SSSR count). The Balaban J connectivity index is 1.35. The molecule has 0 radical (unpaired) electrons. The topological polar surface area (TPSA) is 49.9 Å². The first-order chi connectivity index (χ1) is 12.6. The van der Waals surface area contributed by atoms with Crippen LogP contribution in [0.2, 0.25) is 0 Å². The summed E-state index contributed by atoms with van der Waals surface area (Å²) >= 11 is 0. The van der Waals surface area contributed by atoms with Gasteiger partial charge in [-0.25, -0.2) is 0 Å². The Hall–Kier alpha value is -2.04. The quantitative estimate of drug-likeness (QED) is 0.815. The zero-order chi connectivity index (χ0) is 18.1. The van der Waals surface area contributed by atoms with Crippen molar-refractivity contribution < 1.29 is 14.3 Å². The zero-order valence-corrected chi connectivity index (χ0v) is 15.6. The maximum atomic E-state index is 13.1. The molecule has 3 aliphatic rings. The van der Waals surface area contributed by atoms with Gasteiger partial charge in [0.1, 0.15) is 5.75 Å². The number of benzene rings is 1. The third-order valence-electron chi connectivity index (χ3n) is 6.15. The molecule has 5 heteroatoms. The van der Waals surface area contributed by atoms with E-state index in [0.717, 1.165) is 49.6 Å². The monoisotopic (exact) mass is 356 g/mol. The molecule has 1 aliphatic carbocycles. The van der Waals surface area contributed by atoms with Gasteiger partial charge in [0.15, 0.2) is 6.61 Å². The predicted molar refractivity (Wildman–Crippen MR) is 98.8 cm³/mol. The minimum absolute atomic E-state index is 0.0164. The lowest BCUT2D eigenvalue weighted by atomic mass is 9.78. The molecular formula is C21H28N2O3. The molecule has 1 atom stereocenters. The van der Waals surface area contributed by atoms with E-state index in [0.29, 0.717) is 13.1 Å². The molecule has 2 amide bonds. The zero-order valence-electron chi connectivity index (χ0n) is 15.6. The first-order valence-electron chi connectivity index (χ1n) is 9.83. The predicted octanol–water partition coefficient (Wildman–Crippen LogP) is 2.62. The van der Waals surface area contributed by atoms with Crippen LogP contribution in [0.4, 0.5) is 0 Å². The van der Waals surface area contributed by atoms with Gasteiger partial charge in [-0.15, -0.1) is 0 Å². The number of rotatable bonds is 5. The molecule has 5 nitrogen and oxygen atoms in total. The Labute approximate surface area is 155 Å². The standard InChI is InChI=1S/C21H28N2O3/c1-16-5-2-3-6-18(16)26-14-19(24)23-12-10-21(15-23)9-4-11-22(20(21)25)13-17-7-8-17/h2-3,5-6,17H,4,7-15H2,1H3/t21-/m1/s1. The second kappa shape index (κ2) is 6.93. The summed E-state index contributed by atoms with van der Waals surface area (Å²) in [6.07, 6.45) is 5.29. The second-order valence-electron chi connectivity index (χ2n) is 8.20. The average Bonchev–Trinajstić information content (AvgIpc) is 3.36. The minimum Gasteiger partial charge on any atom is -0.484 e. The number of ether oxygens (including phenoxy) is 1. The van der Waals surface area contributed by atoms with Gasteiger partial charge in [0, 0.05) is 26.2 Å². The highest BCUT2D eigenvalue weighted by atomic mass is 16.5.